The zero-order valence-corrected chi connectivity index (χ0v) is 16.8. The number of benzene rings is 2. The number of nitrogens with one attached hydrogen (secondary N) is 1. The second-order valence-electron chi connectivity index (χ2n) is 7.38. The number of likely N-dealkylation sites (tertiary alicyclic amines) is 1. The highest BCUT2D eigenvalue weighted by atomic mass is 32.2. The molecule has 0 saturated carbocycles. The second kappa shape index (κ2) is 7.05. The number of fused-ring (bicyclic) bond motifs is 1. The summed E-state index contributed by atoms with van der Waals surface area (Å²) in [6.07, 6.45) is 2.48. The molecule has 0 aromatic heterocycles. The van der Waals surface area contributed by atoms with Crippen LogP contribution in [0.15, 0.2) is 51.8 Å². The lowest BCUT2D eigenvalue weighted by Crippen LogP contribution is -2.50. The molecule has 7 heteroatoms. The van der Waals surface area contributed by atoms with Gasteiger partial charge in [0.2, 0.25) is 5.91 Å². The fraction of sp³-hybridized carbons (Fsp3) is 0.333. The van der Waals surface area contributed by atoms with Crippen molar-refractivity contribution in [1.82, 2.24) is 4.90 Å². The topological polar surface area (TPSA) is 78.8 Å². The monoisotopic (exact) mass is 397 g/mol. The average Bonchev–Trinajstić information content (AvgIpc) is 2.96. The molecule has 0 spiro atoms. The molecule has 2 aromatic rings. The third-order valence-corrected chi connectivity index (χ3v) is 6.79. The number of anilines is 1. The van der Waals surface area contributed by atoms with E-state index in [0.717, 1.165) is 24.1 Å². The molecular formula is C21H23N3O3S. The quantitative estimate of drug-likeness (QED) is 0.844. The molecule has 28 heavy (non-hydrogen) atoms. The van der Waals surface area contributed by atoms with Gasteiger partial charge < -0.3 is 10.2 Å². The van der Waals surface area contributed by atoms with E-state index in [9.17, 15) is 13.2 Å². The number of carbonyl (C=O) groups is 1. The normalized spacial score (nSPS) is 20.4. The first kappa shape index (κ1) is 18.7. The maximum atomic E-state index is 13.0. The molecule has 1 atom stereocenters. The van der Waals surface area contributed by atoms with Gasteiger partial charge >= 0.3 is 0 Å². The SMILES string of the molecule is Cc1ccc(NC(=O)[C@@H]2CCCCN2C2=NS(=O)(=O)c3ccccc32)cc1C. The molecule has 0 radical (unpaired) electrons. The Bertz CT molecular complexity index is 1080. The number of sulfonamides is 1. The minimum Gasteiger partial charge on any atom is -0.343 e. The van der Waals surface area contributed by atoms with E-state index < -0.39 is 16.1 Å². The number of nitrogens with zero attached hydrogens (tertiary/aromatic N) is 2. The predicted molar refractivity (Wildman–Crippen MR) is 109 cm³/mol. The molecule has 1 N–H and O–H groups in total. The van der Waals surface area contributed by atoms with E-state index in [4.69, 9.17) is 0 Å². The highest BCUT2D eigenvalue weighted by Crippen LogP contribution is 2.31. The Balaban J connectivity index is 1.64. The maximum Gasteiger partial charge on any atom is 0.285 e. The van der Waals surface area contributed by atoms with Crippen LogP contribution >= 0.6 is 0 Å². The predicted octanol–water partition coefficient (Wildman–Crippen LogP) is 3.25. The van der Waals surface area contributed by atoms with Gasteiger partial charge in [-0.3, -0.25) is 4.79 Å². The van der Waals surface area contributed by atoms with Crippen molar-refractivity contribution < 1.29 is 13.2 Å². The third kappa shape index (κ3) is 3.30. The highest BCUT2D eigenvalue weighted by Gasteiger charge is 2.37. The molecule has 146 valence electrons. The first-order valence-corrected chi connectivity index (χ1v) is 10.9. The van der Waals surface area contributed by atoms with Crippen LogP contribution in [0, 0.1) is 13.8 Å². The number of piperidine rings is 1. The van der Waals surface area contributed by atoms with Crippen LogP contribution in [0.25, 0.3) is 0 Å². The summed E-state index contributed by atoms with van der Waals surface area (Å²) in [6, 6.07) is 12.2. The molecule has 0 bridgehead atoms. The van der Waals surface area contributed by atoms with Gasteiger partial charge in [-0.2, -0.15) is 8.42 Å². The van der Waals surface area contributed by atoms with Crippen LogP contribution in [-0.4, -0.2) is 37.6 Å². The van der Waals surface area contributed by atoms with E-state index >= 15 is 0 Å². The number of hydrogen-bond donors (Lipinski definition) is 1. The molecule has 1 fully saturated rings. The summed E-state index contributed by atoms with van der Waals surface area (Å²) in [7, 11) is -3.71. The zero-order chi connectivity index (χ0) is 19.9. The summed E-state index contributed by atoms with van der Waals surface area (Å²) in [5.74, 6) is 0.253. The largest absolute Gasteiger partial charge is 0.343 e. The van der Waals surface area contributed by atoms with E-state index in [1.165, 1.54) is 5.56 Å². The van der Waals surface area contributed by atoms with Crippen LogP contribution in [0.3, 0.4) is 0 Å². The molecule has 2 aromatic carbocycles. The molecular weight excluding hydrogens is 374 g/mol. The molecule has 2 aliphatic rings. The van der Waals surface area contributed by atoms with Crippen LogP contribution in [0.1, 0.15) is 36.0 Å². The minimum absolute atomic E-state index is 0.132. The molecule has 1 saturated heterocycles. The Morgan fingerprint density at radius 3 is 2.68 bits per heavy atom. The summed E-state index contributed by atoms with van der Waals surface area (Å²) < 4.78 is 28.9. The van der Waals surface area contributed by atoms with Crippen molar-refractivity contribution >= 4 is 27.5 Å². The van der Waals surface area contributed by atoms with Crippen LogP contribution < -0.4 is 5.32 Å². The van der Waals surface area contributed by atoms with E-state index in [0.29, 0.717) is 24.4 Å². The Labute approximate surface area is 165 Å². The van der Waals surface area contributed by atoms with Crippen molar-refractivity contribution in [2.45, 2.75) is 44.0 Å². The van der Waals surface area contributed by atoms with Gasteiger partial charge in [0.1, 0.15) is 10.9 Å². The number of amidine groups is 1. The van der Waals surface area contributed by atoms with Crippen molar-refractivity contribution in [2.24, 2.45) is 4.40 Å². The second-order valence-corrected chi connectivity index (χ2v) is 8.95. The third-order valence-electron chi connectivity index (χ3n) is 5.46. The van der Waals surface area contributed by atoms with E-state index in [-0.39, 0.29) is 10.8 Å². The smallest absolute Gasteiger partial charge is 0.285 e. The van der Waals surface area contributed by atoms with Gasteiger partial charge in [0, 0.05) is 17.8 Å². The summed E-state index contributed by atoms with van der Waals surface area (Å²) in [5, 5.41) is 2.99. The maximum absolute atomic E-state index is 13.0. The van der Waals surface area contributed by atoms with Crippen LogP contribution in [-0.2, 0) is 14.8 Å². The van der Waals surface area contributed by atoms with Gasteiger partial charge in [-0.15, -0.1) is 4.40 Å². The molecule has 4 rings (SSSR count). The molecule has 1 amide bonds. The van der Waals surface area contributed by atoms with Gasteiger partial charge in [0.05, 0.1) is 0 Å². The van der Waals surface area contributed by atoms with Gasteiger partial charge in [0.15, 0.2) is 5.84 Å². The zero-order valence-electron chi connectivity index (χ0n) is 16.0. The molecule has 6 nitrogen and oxygen atoms in total. The fourth-order valence-electron chi connectivity index (χ4n) is 3.80. The van der Waals surface area contributed by atoms with Gasteiger partial charge in [-0.05, 0) is 68.5 Å². The van der Waals surface area contributed by atoms with E-state index in [1.807, 2.05) is 36.9 Å². The number of carbonyl (C=O) groups excluding carboxylic acids is 1. The summed E-state index contributed by atoms with van der Waals surface area (Å²) in [5.41, 5.74) is 3.60. The minimum atomic E-state index is -3.71. The number of aryl methyl sites for hydroxylation is 2. The first-order valence-electron chi connectivity index (χ1n) is 9.46. The Kier molecular flexibility index (Phi) is 4.71. The van der Waals surface area contributed by atoms with Crippen molar-refractivity contribution in [1.29, 1.82) is 0 Å². The summed E-state index contributed by atoms with van der Waals surface area (Å²) >= 11 is 0. The fourth-order valence-corrected chi connectivity index (χ4v) is 5.02. The lowest BCUT2D eigenvalue weighted by Gasteiger charge is -2.36. The Morgan fingerprint density at radius 1 is 1.11 bits per heavy atom. The van der Waals surface area contributed by atoms with E-state index in [1.54, 1.807) is 24.3 Å². The van der Waals surface area contributed by atoms with Crippen LogP contribution in [0.4, 0.5) is 5.69 Å². The summed E-state index contributed by atoms with van der Waals surface area (Å²) in [6.45, 7) is 4.64. The standard InChI is InChI=1S/C21H23N3O3S/c1-14-10-11-16(13-15(14)2)22-21(25)18-8-5-6-12-24(18)20-17-7-3-4-9-19(17)28(26,27)23-20/h3-4,7,9-11,13,18H,5-6,8,12H2,1-2H3,(H,22,25)/t18-/m0/s1. The van der Waals surface area contributed by atoms with Crippen molar-refractivity contribution in [2.75, 3.05) is 11.9 Å². The first-order chi connectivity index (χ1) is 13.4. The molecule has 0 unspecified atom stereocenters. The lowest BCUT2D eigenvalue weighted by molar-refractivity contribution is -0.120. The highest BCUT2D eigenvalue weighted by molar-refractivity contribution is 7.90. The Hall–Kier alpha value is -2.67. The lowest BCUT2D eigenvalue weighted by atomic mass is 9.99. The molecule has 0 aliphatic carbocycles. The van der Waals surface area contributed by atoms with Gasteiger partial charge in [-0.25, -0.2) is 0 Å². The van der Waals surface area contributed by atoms with Gasteiger partial charge in [0.25, 0.3) is 10.0 Å². The number of amides is 1. The number of rotatable bonds is 2. The van der Waals surface area contributed by atoms with E-state index in [2.05, 4.69) is 9.71 Å². The van der Waals surface area contributed by atoms with Crippen molar-refractivity contribution in [3.63, 3.8) is 0 Å². The average molecular weight is 398 g/mol. The Morgan fingerprint density at radius 2 is 1.89 bits per heavy atom. The van der Waals surface area contributed by atoms with Crippen molar-refractivity contribution in [3.05, 3.63) is 59.2 Å². The summed E-state index contributed by atoms with van der Waals surface area (Å²) in [4.78, 5) is 15.1. The van der Waals surface area contributed by atoms with Gasteiger partial charge in [-0.1, -0.05) is 18.2 Å². The van der Waals surface area contributed by atoms with Crippen molar-refractivity contribution in [3.8, 4) is 0 Å². The van der Waals surface area contributed by atoms with Crippen LogP contribution in [0.5, 0.6) is 0 Å². The molecule has 2 heterocycles. The van der Waals surface area contributed by atoms with Crippen LogP contribution in [0.2, 0.25) is 0 Å². The molecule has 2 aliphatic heterocycles. The number of hydrogen-bond acceptors (Lipinski definition) is 4.